The third kappa shape index (κ3) is 4.72. The van der Waals surface area contributed by atoms with Gasteiger partial charge in [0.1, 0.15) is 6.04 Å². The molecule has 66 valence electrons. The highest BCUT2D eigenvalue weighted by Crippen LogP contribution is 1.83. The molecule has 0 aliphatic heterocycles. The summed E-state index contributed by atoms with van der Waals surface area (Å²) in [5, 5.41) is 28.0. The van der Waals surface area contributed by atoms with Crippen molar-refractivity contribution in [1.82, 2.24) is 5.32 Å². The Bertz CT molecular complexity index is 128. The summed E-state index contributed by atoms with van der Waals surface area (Å²) in [6.45, 7) is 1.19. The number of aliphatic carboxylic acids is 1. The first kappa shape index (κ1) is 10.3. The lowest BCUT2D eigenvalue weighted by Gasteiger charge is -2.11. The van der Waals surface area contributed by atoms with Gasteiger partial charge in [0, 0.05) is 6.54 Å². The van der Waals surface area contributed by atoms with Crippen molar-refractivity contribution in [2.45, 2.75) is 19.1 Å². The zero-order valence-electron chi connectivity index (χ0n) is 6.32. The fourth-order valence-corrected chi connectivity index (χ4v) is 0.465. The van der Waals surface area contributed by atoms with Gasteiger partial charge >= 0.3 is 5.97 Å². The topological polar surface area (TPSA) is 89.8 Å². The molecule has 0 aliphatic rings. The molecule has 5 heteroatoms. The van der Waals surface area contributed by atoms with Crippen molar-refractivity contribution in [3.05, 3.63) is 0 Å². The molecule has 1 unspecified atom stereocenters. The molecule has 5 nitrogen and oxygen atoms in total. The average molecular weight is 163 g/mol. The van der Waals surface area contributed by atoms with E-state index in [9.17, 15) is 4.79 Å². The van der Waals surface area contributed by atoms with Crippen LogP contribution < -0.4 is 5.32 Å². The lowest BCUT2D eigenvalue weighted by Crippen LogP contribution is -2.39. The molecule has 0 heterocycles. The fraction of sp³-hybridized carbons (Fsp3) is 0.833. The van der Waals surface area contributed by atoms with Crippen LogP contribution in [-0.2, 0) is 4.79 Å². The van der Waals surface area contributed by atoms with Crippen molar-refractivity contribution in [2.75, 3.05) is 13.2 Å². The fourth-order valence-electron chi connectivity index (χ4n) is 0.465. The molecular formula is C6H13NO4. The molecule has 0 rings (SSSR count). The lowest BCUT2D eigenvalue weighted by atomic mass is 10.3. The lowest BCUT2D eigenvalue weighted by molar-refractivity contribution is -0.139. The Morgan fingerprint density at radius 1 is 1.64 bits per heavy atom. The summed E-state index contributed by atoms with van der Waals surface area (Å²) in [5.74, 6) is -0.977. The van der Waals surface area contributed by atoms with E-state index in [0.717, 1.165) is 0 Å². The van der Waals surface area contributed by atoms with Crippen LogP contribution in [0.5, 0.6) is 0 Å². The molecule has 0 aromatic carbocycles. The molecule has 0 amide bonds. The maximum absolute atomic E-state index is 10.2. The van der Waals surface area contributed by atoms with Crippen LogP contribution in [0.25, 0.3) is 0 Å². The van der Waals surface area contributed by atoms with Crippen molar-refractivity contribution in [2.24, 2.45) is 0 Å². The molecule has 0 spiro atoms. The van der Waals surface area contributed by atoms with Gasteiger partial charge in [-0.3, -0.25) is 4.79 Å². The van der Waals surface area contributed by atoms with Gasteiger partial charge in [-0.15, -0.1) is 0 Å². The average Bonchev–Trinajstić information content (AvgIpc) is 1.99. The smallest absolute Gasteiger partial charge is 0.320 e. The molecule has 0 fully saturated rings. The van der Waals surface area contributed by atoms with Gasteiger partial charge in [0.2, 0.25) is 0 Å². The summed E-state index contributed by atoms with van der Waals surface area (Å²) < 4.78 is 0. The van der Waals surface area contributed by atoms with Crippen molar-refractivity contribution in [1.29, 1.82) is 0 Å². The van der Waals surface area contributed by atoms with Crippen molar-refractivity contribution >= 4 is 5.97 Å². The van der Waals surface area contributed by atoms with E-state index in [1.807, 2.05) is 0 Å². The highest BCUT2D eigenvalue weighted by Gasteiger charge is 2.11. The van der Waals surface area contributed by atoms with Gasteiger partial charge in [0.05, 0.1) is 12.7 Å². The standard InChI is InChI=1S/C6H13NO4/c1-4(6(10)11)7-2-5(9)3-8/h4-5,7-9H,2-3H2,1H3,(H,10,11)/t4-,5?/m1/s1. The zero-order chi connectivity index (χ0) is 8.85. The highest BCUT2D eigenvalue weighted by atomic mass is 16.4. The summed E-state index contributed by atoms with van der Waals surface area (Å²) in [6, 6.07) is -0.698. The molecule has 0 saturated heterocycles. The Kier molecular flexibility index (Phi) is 4.76. The van der Waals surface area contributed by atoms with E-state index in [4.69, 9.17) is 15.3 Å². The highest BCUT2D eigenvalue weighted by molar-refractivity contribution is 5.72. The quantitative estimate of drug-likeness (QED) is 0.392. The van der Waals surface area contributed by atoms with E-state index in [2.05, 4.69) is 5.32 Å². The second kappa shape index (κ2) is 5.06. The number of carboxylic acid groups (broad SMARTS) is 1. The van der Waals surface area contributed by atoms with E-state index < -0.39 is 18.1 Å². The van der Waals surface area contributed by atoms with Gasteiger partial charge in [-0.1, -0.05) is 0 Å². The van der Waals surface area contributed by atoms with Gasteiger partial charge in [0.15, 0.2) is 0 Å². The summed E-state index contributed by atoms with van der Waals surface area (Å²) >= 11 is 0. The summed E-state index contributed by atoms with van der Waals surface area (Å²) in [4.78, 5) is 10.2. The number of hydrogen-bond acceptors (Lipinski definition) is 4. The number of hydrogen-bond donors (Lipinski definition) is 4. The molecule has 0 aromatic rings. The van der Waals surface area contributed by atoms with Crippen molar-refractivity contribution in [3.63, 3.8) is 0 Å². The third-order valence-electron chi connectivity index (χ3n) is 1.24. The largest absolute Gasteiger partial charge is 0.480 e. The van der Waals surface area contributed by atoms with E-state index in [0.29, 0.717) is 0 Å². The zero-order valence-corrected chi connectivity index (χ0v) is 6.32. The Morgan fingerprint density at radius 2 is 2.18 bits per heavy atom. The van der Waals surface area contributed by atoms with Crippen LogP contribution in [0, 0.1) is 0 Å². The third-order valence-corrected chi connectivity index (χ3v) is 1.24. The van der Waals surface area contributed by atoms with Crippen LogP contribution in [0.15, 0.2) is 0 Å². The predicted molar refractivity (Wildman–Crippen MR) is 38.2 cm³/mol. The molecule has 11 heavy (non-hydrogen) atoms. The van der Waals surface area contributed by atoms with E-state index in [1.54, 1.807) is 0 Å². The van der Waals surface area contributed by atoms with Gasteiger partial charge in [-0.2, -0.15) is 0 Å². The normalized spacial score (nSPS) is 15.9. The van der Waals surface area contributed by atoms with Gasteiger partial charge in [-0.25, -0.2) is 0 Å². The van der Waals surface area contributed by atoms with Crippen LogP contribution >= 0.6 is 0 Å². The Labute approximate surface area is 64.7 Å². The Morgan fingerprint density at radius 3 is 2.55 bits per heavy atom. The molecular weight excluding hydrogens is 150 g/mol. The van der Waals surface area contributed by atoms with Crippen LogP contribution in [0.3, 0.4) is 0 Å². The van der Waals surface area contributed by atoms with Crippen molar-refractivity contribution in [3.8, 4) is 0 Å². The number of carbonyl (C=O) groups is 1. The van der Waals surface area contributed by atoms with Crippen LogP contribution in [0.4, 0.5) is 0 Å². The van der Waals surface area contributed by atoms with E-state index in [-0.39, 0.29) is 13.2 Å². The number of carboxylic acids is 1. The van der Waals surface area contributed by atoms with E-state index >= 15 is 0 Å². The number of aliphatic hydroxyl groups is 2. The van der Waals surface area contributed by atoms with Crippen molar-refractivity contribution < 1.29 is 20.1 Å². The van der Waals surface area contributed by atoms with E-state index in [1.165, 1.54) is 6.92 Å². The monoisotopic (exact) mass is 163 g/mol. The Hall–Kier alpha value is -0.650. The second-order valence-corrected chi connectivity index (χ2v) is 2.30. The molecule has 4 N–H and O–H groups in total. The second-order valence-electron chi connectivity index (χ2n) is 2.30. The SMILES string of the molecule is C[C@@H](NCC(O)CO)C(=O)O. The number of rotatable bonds is 5. The maximum Gasteiger partial charge on any atom is 0.320 e. The van der Waals surface area contributed by atoms with Gasteiger partial charge in [-0.05, 0) is 6.92 Å². The molecule has 0 bridgehead atoms. The first-order valence-electron chi connectivity index (χ1n) is 3.33. The summed E-state index contributed by atoms with van der Waals surface area (Å²) in [7, 11) is 0. The molecule has 0 radical (unpaired) electrons. The Balaban J connectivity index is 3.45. The van der Waals surface area contributed by atoms with Crippen LogP contribution in [0.2, 0.25) is 0 Å². The number of nitrogens with one attached hydrogen (secondary N) is 1. The summed E-state index contributed by atoms with van der Waals surface area (Å²) in [6.07, 6.45) is -0.892. The van der Waals surface area contributed by atoms with Gasteiger partial charge in [0.25, 0.3) is 0 Å². The summed E-state index contributed by atoms with van der Waals surface area (Å²) in [5.41, 5.74) is 0. The van der Waals surface area contributed by atoms with Crippen LogP contribution in [-0.4, -0.2) is 46.6 Å². The maximum atomic E-state index is 10.2. The number of aliphatic hydroxyl groups excluding tert-OH is 2. The molecule has 0 aromatic heterocycles. The minimum Gasteiger partial charge on any atom is -0.480 e. The molecule has 0 aliphatic carbocycles. The minimum absolute atomic E-state index is 0.0873. The predicted octanol–water partition coefficient (Wildman–Crippen LogP) is -1.60. The van der Waals surface area contributed by atoms with Crippen LogP contribution in [0.1, 0.15) is 6.92 Å². The first-order valence-corrected chi connectivity index (χ1v) is 3.33. The molecule has 0 saturated carbocycles. The van der Waals surface area contributed by atoms with Gasteiger partial charge < -0.3 is 20.6 Å². The first-order chi connectivity index (χ1) is 5.07. The minimum atomic E-state index is -0.977. The molecule has 2 atom stereocenters.